The van der Waals surface area contributed by atoms with Crippen molar-refractivity contribution in [2.75, 3.05) is 11.6 Å². The molecule has 0 saturated carbocycles. The van der Waals surface area contributed by atoms with Crippen molar-refractivity contribution >= 4 is 17.6 Å². The molecule has 1 atom stereocenters. The van der Waals surface area contributed by atoms with Crippen LogP contribution in [0.15, 0.2) is 66.0 Å². The molecule has 1 aliphatic heterocycles. The number of hydrogen-bond donors (Lipinski definition) is 1. The Morgan fingerprint density at radius 3 is 2.61 bits per heavy atom. The van der Waals surface area contributed by atoms with Gasteiger partial charge in [0, 0.05) is 5.69 Å². The van der Waals surface area contributed by atoms with Gasteiger partial charge in [-0.2, -0.15) is 5.10 Å². The van der Waals surface area contributed by atoms with Crippen LogP contribution in [-0.2, 0) is 6.54 Å². The number of thioether (sulfide) groups is 1. The average molecular weight is 392 g/mol. The monoisotopic (exact) mass is 392 g/mol. The zero-order valence-electron chi connectivity index (χ0n) is 15.1. The van der Waals surface area contributed by atoms with Crippen LogP contribution >= 0.6 is 11.8 Å². The molecule has 0 radical (unpaired) electrons. The highest BCUT2D eigenvalue weighted by Gasteiger charge is 2.28. The number of nitrogens with one attached hydrogen (secondary N) is 1. The lowest BCUT2D eigenvalue weighted by Crippen LogP contribution is -2.07. The summed E-state index contributed by atoms with van der Waals surface area (Å²) in [5.74, 6) is 1.32. The minimum Gasteiger partial charge on any atom is -0.361 e. The Bertz CT molecular complexity index is 1120. The number of aromatic nitrogens is 5. The molecule has 0 aliphatic carbocycles. The minimum absolute atomic E-state index is 0.158. The van der Waals surface area contributed by atoms with Gasteiger partial charge in [0.25, 0.3) is 0 Å². The van der Waals surface area contributed by atoms with Gasteiger partial charge < -0.3 is 5.32 Å². The van der Waals surface area contributed by atoms with Crippen LogP contribution in [-0.4, -0.2) is 30.8 Å². The smallest absolute Gasteiger partial charge is 0.195 e. The van der Waals surface area contributed by atoms with Crippen molar-refractivity contribution in [1.29, 1.82) is 0 Å². The van der Waals surface area contributed by atoms with Crippen LogP contribution in [0.2, 0.25) is 0 Å². The zero-order chi connectivity index (χ0) is 19.1. The second kappa shape index (κ2) is 6.79. The van der Waals surface area contributed by atoms with Gasteiger partial charge in [-0.25, -0.2) is 9.07 Å². The Balaban J connectivity index is 1.57. The summed E-state index contributed by atoms with van der Waals surface area (Å²) >= 11 is 1.49. The third kappa shape index (κ3) is 2.77. The van der Waals surface area contributed by atoms with Gasteiger partial charge in [0.2, 0.25) is 0 Å². The van der Waals surface area contributed by atoms with E-state index in [2.05, 4.69) is 32.7 Å². The summed E-state index contributed by atoms with van der Waals surface area (Å²) in [6, 6.07) is 16.8. The van der Waals surface area contributed by atoms with Crippen LogP contribution in [0.4, 0.5) is 10.2 Å². The summed E-state index contributed by atoms with van der Waals surface area (Å²) in [6.45, 7) is 0.749. The molecule has 140 valence electrons. The Hall–Kier alpha value is -3.13. The van der Waals surface area contributed by atoms with Gasteiger partial charge in [-0.05, 0) is 36.1 Å². The van der Waals surface area contributed by atoms with E-state index in [4.69, 9.17) is 0 Å². The summed E-state index contributed by atoms with van der Waals surface area (Å²) in [5, 5.41) is 17.6. The van der Waals surface area contributed by atoms with Crippen LogP contribution in [0.3, 0.4) is 0 Å². The van der Waals surface area contributed by atoms with E-state index < -0.39 is 0 Å². The molecule has 4 aromatic rings. The lowest BCUT2D eigenvalue weighted by molar-refractivity contribution is 0.617. The normalized spacial score (nSPS) is 15.4. The molecule has 0 saturated heterocycles. The van der Waals surface area contributed by atoms with Gasteiger partial charge in [0.15, 0.2) is 11.0 Å². The van der Waals surface area contributed by atoms with Crippen molar-refractivity contribution in [3.05, 3.63) is 72.2 Å². The van der Waals surface area contributed by atoms with Gasteiger partial charge in [-0.1, -0.05) is 42.1 Å². The molecule has 0 amide bonds. The maximum Gasteiger partial charge on any atom is 0.195 e. The molecule has 6 nitrogen and oxygen atoms in total. The number of nitrogens with zero attached hydrogens (tertiary/aromatic N) is 5. The Kier molecular flexibility index (Phi) is 4.12. The summed E-state index contributed by atoms with van der Waals surface area (Å²) in [6.07, 6.45) is 3.75. The molecule has 2 aromatic carbocycles. The van der Waals surface area contributed by atoms with E-state index in [1.807, 2.05) is 33.7 Å². The number of fused-ring (bicyclic) bond motifs is 1. The van der Waals surface area contributed by atoms with Crippen molar-refractivity contribution in [1.82, 2.24) is 24.5 Å². The lowest BCUT2D eigenvalue weighted by atomic mass is 10.1. The summed E-state index contributed by atoms with van der Waals surface area (Å²) in [4.78, 5) is 0. The lowest BCUT2D eigenvalue weighted by Gasteiger charge is -2.12. The first-order valence-corrected chi connectivity index (χ1v) is 10.1. The molecule has 5 rings (SSSR count). The van der Waals surface area contributed by atoms with Gasteiger partial charge in [0.1, 0.15) is 11.6 Å². The van der Waals surface area contributed by atoms with Crippen LogP contribution in [0.5, 0.6) is 0 Å². The van der Waals surface area contributed by atoms with E-state index >= 15 is 0 Å². The quantitative estimate of drug-likeness (QED) is 0.529. The third-order valence-corrected chi connectivity index (χ3v) is 5.48. The first kappa shape index (κ1) is 17.0. The molecular formula is C20H17FN6S. The second-order valence-electron chi connectivity index (χ2n) is 6.52. The Labute approximate surface area is 165 Å². The zero-order valence-corrected chi connectivity index (χ0v) is 15.9. The van der Waals surface area contributed by atoms with Crippen LogP contribution < -0.4 is 5.32 Å². The second-order valence-corrected chi connectivity index (χ2v) is 7.29. The van der Waals surface area contributed by atoms with Crippen LogP contribution in [0, 0.1) is 5.82 Å². The molecule has 28 heavy (non-hydrogen) atoms. The number of anilines is 1. The van der Waals surface area contributed by atoms with Gasteiger partial charge in [0.05, 0.1) is 24.3 Å². The SMILES string of the molecule is CSc1nnc(-c2cnn3c2NC(c2ccccc2)C3)n1-c1ccc(F)cc1. The summed E-state index contributed by atoms with van der Waals surface area (Å²) < 4.78 is 17.3. The Morgan fingerprint density at radius 2 is 1.86 bits per heavy atom. The van der Waals surface area contributed by atoms with E-state index in [-0.39, 0.29) is 11.9 Å². The standard InChI is InChI=1S/C20H17FN6S/c1-28-20-25-24-19(27(20)15-9-7-14(21)8-10-15)16-11-22-26-12-17(23-18(16)26)13-5-3-2-4-6-13/h2-11,17,23H,12H2,1H3. The first-order chi connectivity index (χ1) is 13.7. The van der Waals surface area contributed by atoms with E-state index in [0.29, 0.717) is 5.82 Å². The number of hydrogen-bond acceptors (Lipinski definition) is 5. The number of halogens is 1. The predicted octanol–water partition coefficient (Wildman–Crippen LogP) is 4.16. The predicted molar refractivity (Wildman–Crippen MR) is 107 cm³/mol. The van der Waals surface area contributed by atoms with Gasteiger partial charge in [-0.3, -0.25) is 4.57 Å². The number of benzene rings is 2. The topological polar surface area (TPSA) is 60.6 Å². The van der Waals surface area contributed by atoms with Crippen molar-refractivity contribution in [3.8, 4) is 17.1 Å². The fraction of sp³-hybridized carbons (Fsp3) is 0.150. The van der Waals surface area contributed by atoms with E-state index in [0.717, 1.165) is 28.8 Å². The van der Waals surface area contributed by atoms with E-state index in [1.165, 1.54) is 29.5 Å². The molecule has 1 unspecified atom stereocenters. The van der Waals surface area contributed by atoms with Gasteiger partial charge >= 0.3 is 0 Å². The molecular weight excluding hydrogens is 375 g/mol. The summed E-state index contributed by atoms with van der Waals surface area (Å²) in [5.41, 5.74) is 2.89. The summed E-state index contributed by atoms with van der Waals surface area (Å²) in [7, 11) is 0. The minimum atomic E-state index is -0.275. The number of rotatable bonds is 4. The van der Waals surface area contributed by atoms with Crippen molar-refractivity contribution in [2.24, 2.45) is 0 Å². The van der Waals surface area contributed by atoms with Crippen LogP contribution in [0.1, 0.15) is 11.6 Å². The molecule has 0 spiro atoms. The highest BCUT2D eigenvalue weighted by atomic mass is 32.2. The maximum absolute atomic E-state index is 13.4. The Morgan fingerprint density at radius 1 is 1.07 bits per heavy atom. The fourth-order valence-electron chi connectivity index (χ4n) is 3.50. The molecule has 0 bridgehead atoms. The van der Waals surface area contributed by atoms with E-state index in [1.54, 1.807) is 18.3 Å². The molecule has 1 N–H and O–H groups in total. The highest BCUT2D eigenvalue weighted by molar-refractivity contribution is 7.98. The third-order valence-electron chi connectivity index (χ3n) is 4.85. The molecule has 1 aliphatic rings. The van der Waals surface area contributed by atoms with Gasteiger partial charge in [-0.15, -0.1) is 10.2 Å². The van der Waals surface area contributed by atoms with Crippen molar-refractivity contribution < 1.29 is 4.39 Å². The maximum atomic E-state index is 13.4. The van der Waals surface area contributed by atoms with E-state index in [9.17, 15) is 4.39 Å². The average Bonchev–Trinajstić information content (AvgIpc) is 3.43. The van der Waals surface area contributed by atoms with Crippen molar-refractivity contribution in [3.63, 3.8) is 0 Å². The fourth-order valence-corrected chi connectivity index (χ4v) is 3.99. The van der Waals surface area contributed by atoms with Crippen LogP contribution in [0.25, 0.3) is 17.1 Å². The molecule has 0 fully saturated rings. The highest BCUT2D eigenvalue weighted by Crippen LogP contribution is 2.37. The van der Waals surface area contributed by atoms with Crippen molar-refractivity contribution in [2.45, 2.75) is 17.7 Å². The molecule has 2 aromatic heterocycles. The largest absolute Gasteiger partial charge is 0.361 e. The molecule has 3 heterocycles. The first-order valence-electron chi connectivity index (χ1n) is 8.87. The molecule has 8 heteroatoms.